The number of rotatable bonds is 2. The number of alkyl halides is 2. The van der Waals surface area contributed by atoms with Gasteiger partial charge in [0.1, 0.15) is 0 Å². The van der Waals surface area contributed by atoms with Gasteiger partial charge in [-0.15, -0.1) is 0 Å². The molecule has 0 aromatic heterocycles. The van der Waals surface area contributed by atoms with Crippen LogP contribution >= 0.6 is 27.5 Å². The van der Waals surface area contributed by atoms with Crippen LogP contribution in [0.15, 0.2) is 30.3 Å². The Morgan fingerprint density at radius 2 is 1.92 bits per heavy atom. The van der Waals surface area contributed by atoms with Gasteiger partial charge in [-0.05, 0) is 21.5 Å². The fourth-order valence-electron chi connectivity index (χ4n) is 0.771. The van der Waals surface area contributed by atoms with Crippen molar-refractivity contribution in [2.24, 2.45) is 0 Å². The Balaban J connectivity index is 3.06. The van der Waals surface area contributed by atoms with Crippen LogP contribution in [0.3, 0.4) is 0 Å². The van der Waals surface area contributed by atoms with Gasteiger partial charge in [-0.3, -0.25) is 0 Å². The molecule has 0 saturated carbocycles. The number of hydrogen-bond acceptors (Lipinski definition) is 1. The molecule has 0 unspecified atom stereocenters. The molecule has 0 spiro atoms. The Labute approximate surface area is 83.3 Å². The predicted octanol–water partition coefficient (Wildman–Crippen LogP) is 2.56. The van der Waals surface area contributed by atoms with Crippen molar-refractivity contribution in [2.75, 3.05) is 0 Å². The first-order chi connectivity index (χ1) is 5.55. The van der Waals surface area contributed by atoms with E-state index in [9.17, 15) is 4.79 Å². The summed E-state index contributed by atoms with van der Waals surface area (Å²) in [6.45, 7) is 0. The minimum absolute atomic E-state index is 0.513. The van der Waals surface area contributed by atoms with Gasteiger partial charge >= 0.3 is 5.97 Å². The van der Waals surface area contributed by atoms with E-state index < -0.39 is 9.75 Å². The summed E-state index contributed by atoms with van der Waals surface area (Å²) in [5, 5.41) is 8.72. The standard InChI is InChI=1S/C8H6BrClO2/c9-8(10,7(11)12)6-4-2-1-3-5-6/h1-5H,(H,11,12)/t8-/m1/s1. The number of carboxylic acid groups (broad SMARTS) is 1. The number of carbonyl (C=O) groups is 1. The molecule has 0 fully saturated rings. The van der Waals surface area contributed by atoms with Crippen LogP contribution in [0.2, 0.25) is 0 Å². The summed E-state index contributed by atoms with van der Waals surface area (Å²) in [5.74, 6) is -1.12. The van der Waals surface area contributed by atoms with Gasteiger partial charge in [-0.25, -0.2) is 4.79 Å². The average Bonchev–Trinajstić information content (AvgIpc) is 2.06. The normalized spacial score (nSPS) is 15.2. The number of hydrogen-bond donors (Lipinski definition) is 1. The molecule has 0 heterocycles. The fourth-order valence-corrected chi connectivity index (χ4v) is 1.16. The molecule has 1 aromatic carbocycles. The molecule has 64 valence electrons. The lowest BCUT2D eigenvalue weighted by molar-refractivity contribution is -0.137. The second-order valence-corrected chi connectivity index (χ2v) is 4.46. The molecule has 2 nitrogen and oxygen atoms in total. The van der Waals surface area contributed by atoms with Crippen molar-refractivity contribution in [1.82, 2.24) is 0 Å². The van der Waals surface area contributed by atoms with Crippen molar-refractivity contribution < 1.29 is 9.90 Å². The van der Waals surface area contributed by atoms with Gasteiger partial charge in [0, 0.05) is 0 Å². The predicted molar refractivity (Wildman–Crippen MR) is 50.5 cm³/mol. The molecule has 1 N–H and O–H groups in total. The van der Waals surface area contributed by atoms with E-state index in [1.807, 2.05) is 0 Å². The Morgan fingerprint density at radius 3 is 2.33 bits per heavy atom. The first-order valence-corrected chi connectivity index (χ1v) is 4.39. The summed E-state index contributed by atoms with van der Waals surface area (Å²) in [7, 11) is 0. The number of aliphatic carboxylic acids is 1. The molecular weight excluding hydrogens is 243 g/mol. The highest BCUT2D eigenvalue weighted by Crippen LogP contribution is 2.35. The van der Waals surface area contributed by atoms with Gasteiger partial charge in [0.15, 0.2) is 0 Å². The quantitative estimate of drug-likeness (QED) is 0.818. The zero-order valence-electron chi connectivity index (χ0n) is 6.00. The molecule has 0 radical (unpaired) electrons. The third kappa shape index (κ3) is 1.79. The van der Waals surface area contributed by atoms with E-state index >= 15 is 0 Å². The van der Waals surface area contributed by atoms with Crippen LogP contribution in [-0.4, -0.2) is 11.1 Å². The van der Waals surface area contributed by atoms with E-state index in [1.54, 1.807) is 30.3 Å². The third-order valence-corrected chi connectivity index (χ3v) is 2.58. The Bertz CT molecular complexity index is 284. The lowest BCUT2D eigenvalue weighted by atomic mass is 10.1. The van der Waals surface area contributed by atoms with Crippen LogP contribution in [-0.2, 0) is 8.58 Å². The average molecular weight is 249 g/mol. The first-order valence-electron chi connectivity index (χ1n) is 3.22. The molecule has 0 saturated heterocycles. The van der Waals surface area contributed by atoms with Crippen LogP contribution < -0.4 is 0 Å². The largest absolute Gasteiger partial charge is 0.479 e. The summed E-state index contributed by atoms with van der Waals surface area (Å²) in [4.78, 5) is 10.6. The van der Waals surface area contributed by atoms with Crippen LogP contribution in [0.4, 0.5) is 0 Å². The van der Waals surface area contributed by atoms with Crippen molar-refractivity contribution in [3.63, 3.8) is 0 Å². The minimum Gasteiger partial charge on any atom is -0.479 e. The maximum absolute atomic E-state index is 10.6. The zero-order valence-corrected chi connectivity index (χ0v) is 8.34. The summed E-state index contributed by atoms with van der Waals surface area (Å²) in [5.41, 5.74) is 0.513. The van der Waals surface area contributed by atoms with Gasteiger partial charge in [0.2, 0.25) is 3.78 Å². The number of halogens is 2. The fraction of sp³-hybridized carbons (Fsp3) is 0.125. The number of benzene rings is 1. The van der Waals surface area contributed by atoms with Crippen LogP contribution in [0.25, 0.3) is 0 Å². The van der Waals surface area contributed by atoms with Gasteiger partial charge in [-0.2, -0.15) is 0 Å². The zero-order chi connectivity index (χ0) is 9.19. The van der Waals surface area contributed by atoms with E-state index in [-0.39, 0.29) is 0 Å². The third-order valence-electron chi connectivity index (χ3n) is 1.40. The van der Waals surface area contributed by atoms with Gasteiger partial charge in [0.25, 0.3) is 0 Å². The molecular formula is C8H6BrClO2. The SMILES string of the molecule is O=C(O)[C@@](Cl)(Br)c1ccccc1. The van der Waals surface area contributed by atoms with Crippen molar-refractivity contribution in [2.45, 2.75) is 3.78 Å². The van der Waals surface area contributed by atoms with Crippen molar-refractivity contribution in [3.8, 4) is 0 Å². The molecule has 0 aliphatic heterocycles. The molecule has 0 bridgehead atoms. The van der Waals surface area contributed by atoms with Crippen molar-refractivity contribution in [1.29, 1.82) is 0 Å². The van der Waals surface area contributed by atoms with Crippen molar-refractivity contribution >= 4 is 33.5 Å². The summed E-state index contributed by atoms with van der Waals surface area (Å²) >= 11 is 8.63. The van der Waals surface area contributed by atoms with Crippen LogP contribution in [0.1, 0.15) is 5.56 Å². The first kappa shape index (κ1) is 9.55. The molecule has 12 heavy (non-hydrogen) atoms. The van der Waals surface area contributed by atoms with Crippen LogP contribution in [0, 0.1) is 0 Å². The topological polar surface area (TPSA) is 37.3 Å². The van der Waals surface area contributed by atoms with Crippen LogP contribution in [0.5, 0.6) is 0 Å². The van der Waals surface area contributed by atoms with Crippen molar-refractivity contribution in [3.05, 3.63) is 35.9 Å². The second-order valence-electron chi connectivity index (χ2n) is 2.25. The molecule has 4 heteroatoms. The monoisotopic (exact) mass is 248 g/mol. The second kappa shape index (κ2) is 3.46. The summed E-state index contributed by atoms with van der Waals surface area (Å²) in [6, 6.07) is 8.56. The Hall–Kier alpha value is -0.540. The summed E-state index contributed by atoms with van der Waals surface area (Å²) < 4.78 is -1.51. The Morgan fingerprint density at radius 1 is 1.42 bits per heavy atom. The van der Waals surface area contributed by atoms with Gasteiger partial charge in [-0.1, -0.05) is 41.9 Å². The smallest absolute Gasteiger partial charge is 0.340 e. The highest BCUT2D eigenvalue weighted by Gasteiger charge is 2.34. The molecule has 1 rings (SSSR count). The van der Waals surface area contributed by atoms with E-state index in [1.165, 1.54) is 0 Å². The lowest BCUT2D eigenvalue weighted by Crippen LogP contribution is -2.21. The maximum Gasteiger partial charge on any atom is 0.340 e. The van der Waals surface area contributed by atoms with E-state index in [4.69, 9.17) is 16.7 Å². The highest BCUT2D eigenvalue weighted by molar-refractivity contribution is 9.10. The minimum atomic E-state index is -1.51. The maximum atomic E-state index is 10.6. The highest BCUT2D eigenvalue weighted by atomic mass is 79.9. The van der Waals surface area contributed by atoms with Gasteiger partial charge < -0.3 is 5.11 Å². The van der Waals surface area contributed by atoms with E-state index in [0.29, 0.717) is 5.56 Å². The Kier molecular flexibility index (Phi) is 2.75. The molecule has 1 aromatic rings. The van der Waals surface area contributed by atoms with E-state index in [0.717, 1.165) is 0 Å². The molecule has 1 atom stereocenters. The number of carboxylic acids is 1. The van der Waals surface area contributed by atoms with E-state index in [2.05, 4.69) is 15.9 Å². The lowest BCUT2D eigenvalue weighted by Gasteiger charge is -2.13. The molecule has 0 aliphatic carbocycles. The summed E-state index contributed by atoms with van der Waals surface area (Å²) in [6.07, 6.45) is 0. The molecule has 0 amide bonds. The molecule has 0 aliphatic rings. The van der Waals surface area contributed by atoms with Gasteiger partial charge in [0.05, 0.1) is 0 Å².